The van der Waals surface area contributed by atoms with Crippen molar-refractivity contribution in [2.75, 3.05) is 0 Å². The molecule has 1 aromatic carbocycles. The summed E-state index contributed by atoms with van der Waals surface area (Å²) in [4.78, 5) is 16.3. The molecule has 0 aliphatic carbocycles. The van der Waals surface area contributed by atoms with Gasteiger partial charge in [-0.1, -0.05) is 24.3 Å². The van der Waals surface area contributed by atoms with Gasteiger partial charge in [0.25, 0.3) is 15.9 Å². The zero-order valence-corrected chi connectivity index (χ0v) is 13.3. The van der Waals surface area contributed by atoms with Crippen LogP contribution in [0.2, 0.25) is 0 Å². The molecule has 1 N–H and O–H groups in total. The normalized spacial score (nSPS) is 18.3. The fourth-order valence-electron chi connectivity index (χ4n) is 1.84. The Balaban J connectivity index is 1.87. The second kappa shape index (κ2) is 6.35. The minimum atomic E-state index is -3.85. The molecule has 0 radical (unpaired) electrons. The van der Waals surface area contributed by atoms with Crippen LogP contribution in [0, 0.1) is 0 Å². The Bertz CT molecular complexity index is 892. The largest absolute Gasteiger partial charge is 0.300 e. The van der Waals surface area contributed by atoms with Crippen LogP contribution >= 0.6 is 11.8 Å². The molecule has 23 heavy (non-hydrogen) atoms. The topological polar surface area (TPSA) is 88.5 Å². The van der Waals surface area contributed by atoms with Crippen LogP contribution in [0.15, 0.2) is 69.1 Å². The highest BCUT2D eigenvalue weighted by Crippen LogP contribution is 2.27. The Morgan fingerprint density at radius 1 is 1.13 bits per heavy atom. The Morgan fingerprint density at radius 2 is 1.91 bits per heavy atom. The van der Waals surface area contributed by atoms with E-state index in [-0.39, 0.29) is 16.0 Å². The standard InChI is InChI=1S/C15H11N3O3S2/c19-14-13(9-11-5-4-8-16-10-11)22-15(17-14)18-23(20,21)12-6-2-1-3-7-12/h1-10H,(H,17,18,19). The first-order chi connectivity index (χ1) is 11.0. The van der Waals surface area contributed by atoms with Crippen LogP contribution in [0.5, 0.6) is 0 Å². The van der Waals surface area contributed by atoms with Gasteiger partial charge in [0.2, 0.25) is 0 Å². The first-order valence-electron chi connectivity index (χ1n) is 6.55. The summed E-state index contributed by atoms with van der Waals surface area (Å²) in [7, 11) is -3.85. The van der Waals surface area contributed by atoms with Gasteiger partial charge in [-0.2, -0.15) is 8.42 Å². The van der Waals surface area contributed by atoms with E-state index in [9.17, 15) is 13.2 Å². The number of hydrogen-bond acceptors (Lipinski definition) is 5. The highest BCUT2D eigenvalue weighted by atomic mass is 32.2. The number of carbonyl (C=O) groups is 1. The summed E-state index contributed by atoms with van der Waals surface area (Å²) in [5.74, 6) is -0.388. The van der Waals surface area contributed by atoms with E-state index < -0.39 is 10.0 Å². The lowest BCUT2D eigenvalue weighted by molar-refractivity contribution is -0.115. The van der Waals surface area contributed by atoms with Gasteiger partial charge in [-0.25, -0.2) is 0 Å². The van der Waals surface area contributed by atoms with Crippen LogP contribution in [0.25, 0.3) is 6.08 Å². The summed E-state index contributed by atoms with van der Waals surface area (Å²) in [5, 5.41) is 2.49. The van der Waals surface area contributed by atoms with Gasteiger partial charge < -0.3 is 0 Å². The number of nitrogens with zero attached hydrogens (tertiary/aromatic N) is 2. The summed E-state index contributed by atoms with van der Waals surface area (Å²) in [6, 6.07) is 11.4. The molecule has 0 atom stereocenters. The van der Waals surface area contributed by atoms with E-state index in [1.807, 2.05) is 0 Å². The maximum atomic E-state index is 12.2. The number of benzene rings is 1. The van der Waals surface area contributed by atoms with Crippen molar-refractivity contribution in [3.05, 3.63) is 65.3 Å². The lowest BCUT2D eigenvalue weighted by Gasteiger charge is -1.98. The van der Waals surface area contributed by atoms with Crippen LogP contribution in [0.1, 0.15) is 5.56 Å². The number of rotatable bonds is 3. The molecule has 1 aromatic heterocycles. The summed E-state index contributed by atoms with van der Waals surface area (Å²) >= 11 is 0.979. The third-order valence-electron chi connectivity index (χ3n) is 2.88. The van der Waals surface area contributed by atoms with Crippen molar-refractivity contribution < 1.29 is 13.2 Å². The average molecular weight is 345 g/mol. The molecule has 2 heterocycles. The number of nitrogens with one attached hydrogen (secondary N) is 1. The van der Waals surface area contributed by atoms with Gasteiger partial charge in [0, 0.05) is 12.4 Å². The molecule has 0 spiro atoms. The number of sulfonamides is 1. The molecular weight excluding hydrogens is 334 g/mol. The highest BCUT2D eigenvalue weighted by Gasteiger charge is 2.26. The number of thioether (sulfide) groups is 1. The first-order valence-corrected chi connectivity index (χ1v) is 8.81. The molecule has 1 amide bonds. The zero-order chi connectivity index (χ0) is 16.3. The Morgan fingerprint density at radius 3 is 2.61 bits per heavy atom. The van der Waals surface area contributed by atoms with Gasteiger partial charge in [0.15, 0.2) is 5.17 Å². The molecule has 1 aliphatic rings. The van der Waals surface area contributed by atoms with Crippen molar-refractivity contribution in [1.29, 1.82) is 0 Å². The number of pyridine rings is 1. The van der Waals surface area contributed by atoms with Crippen molar-refractivity contribution >= 4 is 38.9 Å². The second-order valence-electron chi connectivity index (χ2n) is 4.54. The molecule has 0 bridgehead atoms. The van der Waals surface area contributed by atoms with Gasteiger partial charge >= 0.3 is 0 Å². The number of amides is 1. The van der Waals surface area contributed by atoms with E-state index in [0.717, 1.165) is 17.3 Å². The molecule has 6 nitrogen and oxygen atoms in total. The molecule has 0 saturated carbocycles. The fraction of sp³-hybridized carbons (Fsp3) is 0. The fourth-order valence-corrected chi connectivity index (χ4v) is 3.84. The van der Waals surface area contributed by atoms with Gasteiger partial charge in [-0.15, -0.1) is 4.40 Å². The Kier molecular flexibility index (Phi) is 4.26. The molecular formula is C15H11N3O3S2. The smallest absolute Gasteiger partial charge is 0.284 e. The van der Waals surface area contributed by atoms with E-state index >= 15 is 0 Å². The van der Waals surface area contributed by atoms with E-state index in [2.05, 4.69) is 14.7 Å². The van der Waals surface area contributed by atoms with E-state index in [4.69, 9.17) is 0 Å². The number of aromatic nitrogens is 1. The predicted octanol–water partition coefficient (Wildman–Crippen LogP) is 2.03. The molecule has 3 rings (SSSR count). The van der Waals surface area contributed by atoms with Crippen molar-refractivity contribution in [2.24, 2.45) is 4.40 Å². The van der Waals surface area contributed by atoms with E-state index in [1.54, 1.807) is 48.8 Å². The van der Waals surface area contributed by atoms with Crippen molar-refractivity contribution in [3.63, 3.8) is 0 Å². The van der Waals surface area contributed by atoms with Crippen LogP contribution in [-0.4, -0.2) is 24.5 Å². The minimum Gasteiger partial charge on any atom is -0.300 e. The van der Waals surface area contributed by atoms with Gasteiger partial charge in [-0.3, -0.25) is 15.1 Å². The summed E-state index contributed by atoms with van der Waals surface area (Å²) in [6.45, 7) is 0. The molecule has 116 valence electrons. The number of hydrogen-bond donors (Lipinski definition) is 1. The van der Waals surface area contributed by atoms with E-state index in [0.29, 0.717) is 4.91 Å². The summed E-state index contributed by atoms with van der Waals surface area (Å²) in [6.07, 6.45) is 4.87. The lowest BCUT2D eigenvalue weighted by Crippen LogP contribution is -2.20. The minimum absolute atomic E-state index is 0.0361. The molecule has 0 unspecified atom stereocenters. The number of carbonyl (C=O) groups excluding carboxylic acids is 1. The number of amidine groups is 1. The lowest BCUT2D eigenvalue weighted by atomic mass is 10.2. The van der Waals surface area contributed by atoms with Crippen LogP contribution < -0.4 is 5.32 Å². The first kappa shape index (κ1) is 15.4. The Hall–Kier alpha value is -2.45. The van der Waals surface area contributed by atoms with Gasteiger partial charge in [-0.05, 0) is 41.6 Å². The van der Waals surface area contributed by atoms with Crippen molar-refractivity contribution in [1.82, 2.24) is 10.3 Å². The molecule has 1 fully saturated rings. The average Bonchev–Trinajstić information content (AvgIpc) is 2.88. The third kappa shape index (κ3) is 3.66. The van der Waals surface area contributed by atoms with Crippen LogP contribution in [-0.2, 0) is 14.8 Å². The summed E-state index contributed by atoms with van der Waals surface area (Å²) in [5.41, 5.74) is 0.748. The third-order valence-corrected chi connectivity index (χ3v) is 5.19. The summed E-state index contributed by atoms with van der Waals surface area (Å²) < 4.78 is 28.0. The molecule has 2 aromatic rings. The highest BCUT2D eigenvalue weighted by molar-refractivity contribution is 8.19. The molecule has 8 heteroatoms. The maximum Gasteiger partial charge on any atom is 0.284 e. The van der Waals surface area contributed by atoms with Crippen LogP contribution in [0.3, 0.4) is 0 Å². The van der Waals surface area contributed by atoms with Crippen molar-refractivity contribution in [3.8, 4) is 0 Å². The second-order valence-corrected chi connectivity index (χ2v) is 7.17. The monoisotopic (exact) mass is 345 g/mol. The van der Waals surface area contributed by atoms with Crippen LogP contribution in [0.4, 0.5) is 0 Å². The van der Waals surface area contributed by atoms with Gasteiger partial charge in [0.05, 0.1) is 9.80 Å². The maximum absolute atomic E-state index is 12.2. The Labute approximate surface area is 137 Å². The predicted molar refractivity (Wildman–Crippen MR) is 89.0 cm³/mol. The van der Waals surface area contributed by atoms with Gasteiger partial charge in [0.1, 0.15) is 0 Å². The SMILES string of the molecule is O=C1NC(=NS(=O)(=O)c2ccccc2)SC1=Cc1cccnc1. The van der Waals surface area contributed by atoms with E-state index in [1.165, 1.54) is 12.1 Å². The van der Waals surface area contributed by atoms with Crippen molar-refractivity contribution in [2.45, 2.75) is 4.90 Å². The zero-order valence-electron chi connectivity index (χ0n) is 11.7. The quantitative estimate of drug-likeness (QED) is 0.860. The molecule has 1 saturated heterocycles. The molecule has 1 aliphatic heterocycles.